The van der Waals surface area contributed by atoms with E-state index in [9.17, 15) is 15.0 Å². The third-order valence-corrected chi connectivity index (χ3v) is 6.28. The highest BCUT2D eigenvalue weighted by Gasteiger charge is 2.32. The van der Waals surface area contributed by atoms with Crippen LogP contribution in [0.15, 0.2) is 70.0 Å². The summed E-state index contributed by atoms with van der Waals surface area (Å²) in [4.78, 5) is 11.4. The van der Waals surface area contributed by atoms with Crippen molar-refractivity contribution in [3.63, 3.8) is 0 Å². The lowest BCUT2D eigenvalue weighted by Crippen LogP contribution is -2.34. The Bertz CT molecular complexity index is 1180. The van der Waals surface area contributed by atoms with Crippen LogP contribution in [-0.2, 0) is 29.8 Å². The maximum Gasteiger partial charge on any atom is 0.307 e. The monoisotopic (exact) mass is 432 g/mol. The molecule has 2 atom stereocenters. The highest BCUT2D eigenvalue weighted by atomic mass is 16.4. The number of aromatic nitrogens is 1. The number of carboxylic acid groups (broad SMARTS) is 1. The summed E-state index contributed by atoms with van der Waals surface area (Å²) in [6, 6.07) is 17.0. The molecule has 2 heterocycles. The van der Waals surface area contributed by atoms with Crippen LogP contribution in [0.5, 0.6) is 0 Å². The zero-order valence-electron chi connectivity index (χ0n) is 18.4. The summed E-state index contributed by atoms with van der Waals surface area (Å²) in [5, 5.41) is 34.2. The molecule has 166 valence electrons. The average Bonchev–Trinajstić information content (AvgIpc) is 3.10. The van der Waals surface area contributed by atoms with Crippen LogP contribution in [0.25, 0.3) is 10.9 Å². The first-order valence-corrected chi connectivity index (χ1v) is 11.0. The van der Waals surface area contributed by atoms with Crippen LogP contribution in [0.2, 0.25) is 0 Å². The standard InChI is InChI=1S/C25H28N4O3/c1-3-23(25(2,32)17-9-5-4-6-10-17)27-28-26-18-13-14-22-20(15-24(30)31)19-11-7-8-12-21(19)29(22)16-18/h4-12,23,32H,3,13-16H2,1-2H3,(H,30,31)/b26-18-,28-27?. The molecular formula is C25H28N4O3. The molecule has 0 amide bonds. The van der Waals surface area contributed by atoms with Crippen molar-refractivity contribution in [2.75, 3.05) is 0 Å². The molecule has 0 bridgehead atoms. The summed E-state index contributed by atoms with van der Waals surface area (Å²) < 4.78 is 2.14. The van der Waals surface area contributed by atoms with Gasteiger partial charge in [-0.05, 0) is 48.6 Å². The zero-order valence-corrected chi connectivity index (χ0v) is 18.4. The number of fused-ring (bicyclic) bond motifs is 3. The fourth-order valence-electron chi connectivity index (χ4n) is 4.56. The van der Waals surface area contributed by atoms with E-state index in [0.29, 0.717) is 25.8 Å². The van der Waals surface area contributed by atoms with Gasteiger partial charge in [-0.15, -0.1) is 5.10 Å². The van der Waals surface area contributed by atoms with Crippen LogP contribution >= 0.6 is 0 Å². The molecule has 32 heavy (non-hydrogen) atoms. The van der Waals surface area contributed by atoms with Crippen molar-refractivity contribution < 1.29 is 15.0 Å². The summed E-state index contributed by atoms with van der Waals surface area (Å²) in [6.45, 7) is 4.28. The Morgan fingerprint density at radius 3 is 2.56 bits per heavy atom. The Balaban J connectivity index is 1.58. The molecule has 7 nitrogen and oxygen atoms in total. The molecule has 3 aromatic rings. The van der Waals surface area contributed by atoms with Crippen molar-refractivity contribution in [1.82, 2.24) is 4.57 Å². The SMILES string of the molecule is CCC(N=N/N=C1/CCc2c(CC(=O)O)c3ccccc3n2C1)C(C)(O)c1ccccc1. The van der Waals surface area contributed by atoms with Gasteiger partial charge in [0.15, 0.2) is 0 Å². The van der Waals surface area contributed by atoms with Crippen molar-refractivity contribution in [2.24, 2.45) is 15.4 Å². The van der Waals surface area contributed by atoms with E-state index in [1.165, 1.54) is 0 Å². The van der Waals surface area contributed by atoms with E-state index in [0.717, 1.165) is 33.4 Å². The summed E-state index contributed by atoms with van der Waals surface area (Å²) in [7, 11) is 0. The van der Waals surface area contributed by atoms with Gasteiger partial charge in [0.2, 0.25) is 0 Å². The Hall–Kier alpha value is -3.32. The Morgan fingerprint density at radius 1 is 1.12 bits per heavy atom. The van der Waals surface area contributed by atoms with Crippen molar-refractivity contribution in [1.29, 1.82) is 0 Å². The van der Waals surface area contributed by atoms with Gasteiger partial charge in [-0.2, -0.15) is 5.11 Å². The van der Waals surface area contributed by atoms with Gasteiger partial charge < -0.3 is 14.8 Å². The minimum absolute atomic E-state index is 0.0157. The molecule has 0 saturated heterocycles. The fraction of sp³-hybridized carbons (Fsp3) is 0.360. The van der Waals surface area contributed by atoms with E-state index >= 15 is 0 Å². The molecule has 2 aromatic carbocycles. The molecule has 1 aromatic heterocycles. The first-order chi connectivity index (χ1) is 15.4. The predicted molar refractivity (Wildman–Crippen MR) is 124 cm³/mol. The Kier molecular flexibility index (Phi) is 6.19. The van der Waals surface area contributed by atoms with Crippen molar-refractivity contribution in [3.05, 3.63) is 71.4 Å². The Labute approximate surface area is 187 Å². The Morgan fingerprint density at radius 2 is 1.84 bits per heavy atom. The van der Waals surface area contributed by atoms with Crippen molar-refractivity contribution in [2.45, 2.75) is 57.7 Å². The van der Waals surface area contributed by atoms with Crippen molar-refractivity contribution in [3.8, 4) is 0 Å². The van der Waals surface area contributed by atoms with Gasteiger partial charge in [0.25, 0.3) is 0 Å². The van der Waals surface area contributed by atoms with E-state index in [-0.39, 0.29) is 6.42 Å². The maximum atomic E-state index is 11.4. The number of aliphatic hydroxyl groups is 1. The van der Waals surface area contributed by atoms with Crippen LogP contribution in [0.3, 0.4) is 0 Å². The number of carbonyl (C=O) groups is 1. The third-order valence-electron chi connectivity index (χ3n) is 6.28. The molecule has 0 radical (unpaired) electrons. The number of benzene rings is 2. The van der Waals surface area contributed by atoms with Gasteiger partial charge in [0, 0.05) is 16.6 Å². The highest BCUT2D eigenvalue weighted by molar-refractivity contribution is 5.93. The van der Waals surface area contributed by atoms with Crippen LogP contribution in [0.4, 0.5) is 0 Å². The smallest absolute Gasteiger partial charge is 0.307 e. The van der Waals surface area contributed by atoms with Crippen LogP contribution < -0.4 is 0 Å². The van der Waals surface area contributed by atoms with E-state index < -0.39 is 17.6 Å². The number of carboxylic acids is 1. The van der Waals surface area contributed by atoms with E-state index in [4.69, 9.17) is 0 Å². The molecule has 0 fully saturated rings. The second-order valence-corrected chi connectivity index (χ2v) is 8.41. The molecule has 1 aliphatic rings. The normalized spacial score (nSPS) is 18.0. The van der Waals surface area contributed by atoms with E-state index in [1.807, 2.05) is 61.5 Å². The quantitative estimate of drug-likeness (QED) is 0.418. The molecule has 0 saturated carbocycles. The lowest BCUT2D eigenvalue weighted by Gasteiger charge is -2.28. The lowest BCUT2D eigenvalue weighted by atomic mass is 9.87. The summed E-state index contributed by atoms with van der Waals surface area (Å²) in [6.07, 6.45) is 2.06. The largest absolute Gasteiger partial charge is 0.481 e. The number of hydrogen-bond acceptors (Lipinski definition) is 4. The van der Waals surface area contributed by atoms with Crippen molar-refractivity contribution >= 4 is 22.6 Å². The summed E-state index contributed by atoms with van der Waals surface area (Å²) >= 11 is 0. The van der Waals surface area contributed by atoms with Crippen LogP contribution in [-0.4, -0.2) is 32.5 Å². The van der Waals surface area contributed by atoms with E-state index in [2.05, 4.69) is 20.0 Å². The lowest BCUT2D eigenvalue weighted by molar-refractivity contribution is -0.136. The number of nitrogens with zero attached hydrogens (tertiary/aromatic N) is 4. The molecule has 2 unspecified atom stereocenters. The molecule has 0 aliphatic carbocycles. The van der Waals surface area contributed by atoms with Gasteiger partial charge in [-0.1, -0.05) is 55.5 Å². The van der Waals surface area contributed by atoms with Gasteiger partial charge in [0.05, 0.1) is 18.7 Å². The van der Waals surface area contributed by atoms with E-state index in [1.54, 1.807) is 6.92 Å². The van der Waals surface area contributed by atoms with Crippen LogP contribution in [0, 0.1) is 0 Å². The number of hydrogen-bond donors (Lipinski definition) is 2. The molecule has 7 heteroatoms. The molecule has 0 spiro atoms. The highest BCUT2D eigenvalue weighted by Crippen LogP contribution is 2.31. The van der Waals surface area contributed by atoms with Gasteiger partial charge >= 0.3 is 5.97 Å². The van der Waals surface area contributed by atoms with Gasteiger partial charge in [-0.25, -0.2) is 0 Å². The molecule has 1 aliphatic heterocycles. The topological polar surface area (TPSA) is 99.5 Å². The first kappa shape index (κ1) is 21.9. The van der Waals surface area contributed by atoms with Gasteiger partial charge in [-0.3, -0.25) is 4.79 Å². The summed E-state index contributed by atoms with van der Waals surface area (Å²) in [5.74, 6) is -0.825. The minimum Gasteiger partial charge on any atom is -0.481 e. The fourth-order valence-corrected chi connectivity index (χ4v) is 4.56. The number of rotatable bonds is 7. The van der Waals surface area contributed by atoms with Crippen LogP contribution in [0.1, 0.15) is 43.5 Å². The maximum absolute atomic E-state index is 11.4. The summed E-state index contributed by atoms with van der Waals surface area (Å²) in [5.41, 5.74) is 3.51. The zero-order chi connectivity index (χ0) is 22.7. The van der Waals surface area contributed by atoms with Gasteiger partial charge in [0.1, 0.15) is 11.6 Å². The minimum atomic E-state index is -1.14. The average molecular weight is 433 g/mol. The first-order valence-electron chi connectivity index (χ1n) is 11.0. The third kappa shape index (κ3) is 4.21. The molecule has 2 N–H and O–H groups in total. The second-order valence-electron chi connectivity index (χ2n) is 8.41. The molecular weight excluding hydrogens is 404 g/mol. The number of aliphatic carboxylic acids is 1. The predicted octanol–water partition coefficient (Wildman–Crippen LogP) is 4.71. The number of para-hydroxylation sites is 1. The second kappa shape index (κ2) is 9.04. The molecule has 4 rings (SSSR count).